The van der Waals surface area contributed by atoms with Crippen molar-refractivity contribution in [2.75, 3.05) is 20.1 Å². The molecule has 1 aromatic rings. The fourth-order valence-corrected chi connectivity index (χ4v) is 3.61. The molecular formula is C17H28N4OS. The number of likely N-dealkylation sites (tertiary alicyclic amines) is 1. The van der Waals surface area contributed by atoms with Crippen molar-refractivity contribution in [1.82, 2.24) is 15.5 Å². The van der Waals surface area contributed by atoms with Crippen LogP contribution in [0.25, 0.3) is 0 Å². The zero-order chi connectivity index (χ0) is 16.8. The van der Waals surface area contributed by atoms with Gasteiger partial charge in [0.1, 0.15) is 0 Å². The van der Waals surface area contributed by atoms with E-state index in [1.165, 1.54) is 9.75 Å². The first-order chi connectivity index (χ1) is 11.0. The van der Waals surface area contributed by atoms with Crippen molar-refractivity contribution in [2.45, 2.75) is 46.2 Å². The van der Waals surface area contributed by atoms with Gasteiger partial charge in [0.2, 0.25) is 5.91 Å². The predicted octanol–water partition coefficient (Wildman–Crippen LogP) is 2.23. The number of carbonyl (C=O) groups is 1. The normalized spacial score (nSPS) is 18.6. The van der Waals surface area contributed by atoms with Gasteiger partial charge in [-0.25, -0.2) is 0 Å². The number of nitrogens with one attached hydrogen (secondary N) is 2. The highest BCUT2D eigenvalue weighted by molar-refractivity contribution is 7.11. The zero-order valence-electron chi connectivity index (χ0n) is 14.6. The Morgan fingerprint density at radius 3 is 2.78 bits per heavy atom. The Hall–Kier alpha value is -1.56. The van der Waals surface area contributed by atoms with E-state index >= 15 is 0 Å². The van der Waals surface area contributed by atoms with Crippen molar-refractivity contribution >= 4 is 23.2 Å². The van der Waals surface area contributed by atoms with E-state index in [0.717, 1.165) is 38.4 Å². The lowest BCUT2D eigenvalue weighted by molar-refractivity contribution is -0.133. The summed E-state index contributed by atoms with van der Waals surface area (Å²) in [5.41, 5.74) is 0. The van der Waals surface area contributed by atoms with Gasteiger partial charge in [0, 0.05) is 41.9 Å². The number of carbonyl (C=O) groups excluding carboxylic acids is 1. The summed E-state index contributed by atoms with van der Waals surface area (Å²) in [6.45, 7) is 8.46. The Bertz CT molecular complexity index is 553. The first kappa shape index (κ1) is 17.8. The van der Waals surface area contributed by atoms with E-state index in [1.54, 1.807) is 7.05 Å². The molecule has 128 valence electrons. The van der Waals surface area contributed by atoms with Gasteiger partial charge in [0.05, 0.1) is 6.54 Å². The van der Waals surface area contributed by atoms with Crippen LogP contribution in [0.3, 0.4) is 0 Å². The van der Waals surface area contributed by atoms with E-state index in [-0.39, 0.29) is 17.9 Å². The number of aryl methyl sites for hydroxylation is 1. The maximum atomic E-state index is 12.0. The van der Waals surface area contributed by atoms with Gasteiger partial charge in [-0.15, -0.1) is 11.3 Å². The van der Waals surface area contributed by atoms with Crippen LogP contribution in [0.5, 0.6) is 0 Å². The summed E-state index contributed by atoms with van der Waals surface area (Å²) >= 11 is 1.84. The molecule has 1 atom stereocenters. The summed E-state index contributed by atoms with van der Waals surface area (Å²) < 4.78 is 0. The molecule has 1 aliphatic heterocycles. The lowest BCUT2D eigenvalue weighted by Gasteiger charge is -2.20. The van der Waals surface area contributed by atoms with Crippen LogP contribution in [-0.2, 0) is 17.8 Å². The van der Waals surface area contributed by atoms with E-state index in [4.69, 9.17) is 0 Å². The molecule has 6 heteroatoms. The Morgan fingerprint density at radius 1 is 1.43 bits per heavy atom. The molecule has 1 fully saturated rings. The highest BCUT2D eigenvalue weighted by atomic mass is 32.1. The van der Waals surface area contributed by atoms with Crippen molar-refractivity contribution < 1.29 is 4.79 Å². The van der Waals surface area contributed by atoms with Gasteiger partial charge in [-0.2, -0.15) is 0 Å². The van der Waals surface area contributed by atoms with Crippen LogP contribution in [0.2, 0.25) is 0 Å². The van der Waals surface area contributed by atoms with Crippen LogP contribution in [0.1, 0.15) is 36.9 Å². The van der Waals surface area contributed by atoms with Crippen LogP contribution in [0, 0.1) is 5.92 Å². The Kier molecular flexibility index (Phi) is 6.45. The lowest BCUT2D eigenvalue weighted by Crippen LogP contribution is -2.45. The van der Waals surface area contributed by atoms with Gasteiger partial charge in [0.25, 0.3) is 0 Å². The monoisotopic (exact) mass is 336 g/mol. The number of hydrogen-bond acceptors (Lipinski definition) is 3. The first-order valence-corrected chi connectivity index (χ1v) is 9.18. The molecule has 5 nitrogen and oxygen atoms in total. The van der Waals surface area contributed by atoms with Gasteiger partial charge in [-0.1, -0.05) is 20.8 Å². The summed E-state index contributed by atoms with van der Waals surface area (Å²) in [4.78, 5) is 21.0. The van der Waals surface area contributed by atoms with Crippen LogP contribution >= 0.6 is 11.3 Å². The SMILES string of the molecule is CCc1ccc(CNC(=NC)NC2CCN(C(=O)C(C)C)C2)s1. The first-order valence-electron chi connectivity index (χ1n) is 8.37. The molecule has 1 aromatic heterocycles. The standard InChI is InChI=1S/C17H28N4OS/c1-5-14-6-7-15(23-14)10-19-17(18-4)20-13-8-9-21(11-13)16(22)12(2)3/h6-7,12-13H,5,8-11H2,1-4H3,(H2,18,19,20). The average molecular weight is 337 g/mol. The second-order valence-electron chi connectivity index (χ2n) is 6.22. The molecule has 1 unspecified atom stereocenters. The number of hydrogen-bond donors (Lipinski definition) is 2. The molecule has 2 N–H and O–H groups in total. The van der Waals surface area contributed by atoms with Crippen LogP contribution < -0.4 is 10.6 Å². The second kappa shape index (κ2) is 8.34. The van der Waals surface area contributed by atoms with E-state index in [9.17, 15) is 4.79 Å². The minimum absolute atomic E-state index is 0.0674. The van der Waals surface area contributed by atoms with E-state index < -0.39 is 0 Å². The molecule has 0 saturated carbocycles. The molecule has 1 saturated heterocycles. The fraction of sp³-hybridized carbons (Fsp3) is 0.647. The highest BCUT2D eigenvalue weighted by Gasteiger charge is 2.27. The van der Waals surface area contributed by atoms with Crippen molar-refractivity contribution in [2.24, 2.45) is 10.9 Å². The molecule has 1 amide bonds. The summed E-state index contributed by atoms with van der Waals surface area (Å²) in [6.07, 6.45) is 2.05. The minimum Gasteiger partial charge on any atom is -0.352 e. The maximum Gasteiger partial charge on any atom is 0.225 e. The number of amides is 1. The quantitative estimate of drug-likeness (QED) is 0.640. The summed E-state index contributed by atoms with van der Waals surface area (Å²) in [7, 11) is 1.78. The van der Waals surface area contributed by atoms with Crippen molar-refractivity contribution in [3.8, 4) is 0 Å². The van der Waals surface area contributed by atoms with Gasteiger partial charge < -0.3 is 15.5 Å². The zero-order valence-corrected chi connectivity index (χ0v) is 15.4. The molecular weight excluding hydrogens is 308 g/mol. The van der Waals surface area contributed by atoms with Crippen molar-refractivity contribution in [3.63, 3.8) is 0 Å². The Morgan fingerprint density at radius 2 is 2.17 bits per heavy atom. The van der Waals surface area contributed by atoms with E-state index in [1.807, 2.05) is 30.1 Å². The molecule has 2 rings (SSSR count). The largest absolute Gasteiger partial charge is 0.352 e. The third-order valence-electron chi connectivity index (χ3n) is 4.05. The summed E-state index contributed by atoms with van der Waals surface area (Å²) in [5.74, 6) is 1.11. The minimum atomic E-state index is 0.0674. The van der Waals surface area contributed by atoms with E-state index in [2.05, 4.69) is 34.7 Å². The molecule has 0 aromatic carbocycles. The number of thiophene rings is 1. The number of guanidine groups is 1. The van der Waals surface area contributed by atoms with Crippen molar-refractivity contribution in [3.05, 3.63) is 21.9 Å². The van der Waals surface area contributed by atoms with Crippen LogP contribution in [-0.4, -0.2) is 42.9 Å². The topological polar surface area (TPSA) is 56.7 Å². The van der Waals surface area contributed by atoms with Gasteiger partial charge in [0.15, 0.2) is 5.96 Å². The number of rotatable bonds is 5. The highest BCUT2D eigenvalue weighted by Crippen LogP contribution is 2.16. The summed E-state index contributed by atoms with van der Waals surface area (Å²) in [6, 6.07) is 4.63. The molecule has 2 heterocycles. The van der Waals surface area contributed by atoms with Gasteiger partial charge >= 0.3 is 0 Å². The number of aliphatic imine (C=N–C) groups is 1. The Labute approximate surface area is 143 Å². The molecule has 0 spiro atoms. The van der Waals surface area contributed by atoms with Crippen LogP contribution in [0.4, 0.5) is 0 Å². The second-order valence-corrected chi connectivity index (χ2v) is 7.47. The third kappa shape index (κ3) is 4.96. The number of nitrogens with zero attached hydrogens (tertiary/aromatic N) is 2. The maximum absolute atomic E-state index is 12.0. The average Bonchev–Trinajstić information content (AvgIpc) is 3.19. The molecule has 0 radical (unpaired) electrons. The van der Waals surface area contributed by atoms with E-state index in [0.29, 0.717) is 0 Å². The lowest BCUT2D eigenvalue weighted by atomic mass is 10.2. The molecule has 0 aliphatic carbocycles. The van der Waals surface area contributed by atoms with Gasteiger partial charge in [-0.3, -0.25) is 9.79 Å². The molecule has 0 bridgehead atoms. The molecule has 23 heavy (non-hydrogen) atoms. The van der Waals surface area contributed by atoms with Crippen LogP contribution in [0.15, 0.2) is 17.1 Å². The smallest absolute Gasteiger partial charge is 0.225 e. The molecule has 1 aliphatic rings. The van der Waals surface area contributed by atoms with Gasteiger partial charge in [-0.05, 0) is 25.0 Å². The third-order valence-corrected chi connectivity index (χ3v) is 5.28. The fourth-order valence-electron chi connectivity index (χ4n) is 2.71. The Balaban J connectivity index is 1.80. The summed E-state index contributed by atoms with van der Waals surface area (Å²) in [5, 5.41) is 6.79. The van der Waals surface area contributed by atoms with Crippen molar-refractivity contribution in [1.29, 1.82) is 0 Å². The predicted molar refractivity (Wildman–Crippen MR) is 96.9 cm³/mol.